The van der Waals surface area contributed by atoms with Gasteiger partial charge in [0.1, 0.15) is 18.5 Å². The summed E-state index contributed by atoms with van der Waals surface area (Å²) in [6.07, 6.45) is 3.30. The van der Waals surface area contributed by atoms with Crippen molar-refractivity contribution in [1.29, 1.82) is 0 Å². The van der Waals surface area contributed by atoms with E-state index in [1.165, 1.54) is 24.8 Å². The Morgan fingerprint density at radius 2 is 2.15 bits per heavy atom. The molecule has 1 fully saturated rings. The van der Waals surface area contributed by atoms with Crippen LogP contribution in [0.5, 0.6) is 5.75 Å². The van der Waals surface area contributed by atoms with Gasteiger partial charge in [0.05, 0.1) is 0 Å². The largest absolute Gasteiger partial charge is 0.491 e. The van der Waals surface area contributed by atoms with Gasteiger partial charge in [-0.25, -0.2) is 0 Å². The number of hydrogen-bond acceptors (Lipinski definition) is 3. The van der Waals surface area contributed by atoms with Crippen LogP contribution in [-0.4, -0.2) is 30.4 Å². The summed E-state index contributed by atoms with van der Waals surface area (Å²) in [5.41, 5.74) is 2.29. The smallest absolute Gasteiger partial charge is 0.122 e. The molecule has 0 amide bonds. The van der Waals surface area contributed by atoms with Crippen LogP contribution in [-0.2, 0) is 0 Å². The summed E-state index contributed by atoms with van der Waals surface area (Å²) in [4.78, 5) is 0. The Labute approximate surface area is 122 Å². The van der Waals surface area contributed by atoms with Crippen molar-refractivity contribution < 1.29 is 9.84 Å². The van der Waals surface area contributed by atoms with Crippen molar-refractivity contribution in [1.82, 2.24) is 5.32 Å². The molecule has 3 unspecified atom stereocenters. The number of rotatable bonds is 6. The van der Waals surface area contributed by atoms with Crippen molar-refractivity contribution in [3.05, 3.63) is 29.3 Å². The molecule has 1 saturated carbocycles. The highest BCUT2D eigenvalue weighted by molar-refractivity contribution is 5.35. The highest BCUT2D eigenvalue weighted by atomic mass is 16.5. The van der Waals surface area contributed by atoms with Crippen LogP contribution in [0.25, 0.3) is 0 Å². The van der Waals surface area contributed by atoms with Crippen molar-refractivity contribution in [2.45, 2.75) is 52.2 Å². The van der Waals surface area contributed by atoms with Crippen molar-refractivity contribution >= 4 is 0 Å². The van der Waals surface area contributed by atoms with Crippen molar-refractivity contribution in [2.75, 3.05) is 13.2 Å². The van der Waals surface area contributed by atoms with Gasteiger partial charge in [0.25, 0.3) is 0 Å². The number of ether oxygens (including phenoxy) is 1. The van der Waals surface area contributed by atoms with E-state index in [0.717, 1.165) is 17.2 Å². The second kappa shape index (κ2) is 7.09. The number of aryl methyl sites for hydroxylation is 2. The minimum atomic E-state index is -0.453. The molecule has 1 aromatic rings. The van der Waals surface area contributed by atoms with E-state index in [0.29, 0.717) is 19.2 Å². The summed E-state index contributed by atoms with van der Waals surface area (Å²) >= 11 is 0. The van der Waals surface area contributed by atoms with Crippen molar-refractivity contribution in [2.24, 2.45) is 5.92 Å². The lowest BCUT2D eigenvalue weighted by Crippen LogP contribution is -2.36. The molecule has 0 heterocycles. The van der Waals surface area contributed by atoms with Crippen LogP contribution in [0.4, 0.5) is 0 Å². The molecule has 112 valence electrons. The molecule has 0 saturated heterocycles. The number of benzene rings is 1. The third kappa shape index (κ3) is 4.50. The van der Waals surface area contributed by atoms with E-state index < -0.39 is 6.10 Å². The Bertz CT molecular complexity index is 433. The lowest BCUT2D eigenvalue weighted by atomic mass is 10.1. The minimum Gasteiger partial charge on any atom is -0.491 e. The molecule has 0 aliphatic heterocycles. The Morgan fingerprint density at radius 1 is 1.35 bits per heavy atom. The first-order valence-electron chi connectivity index (χ1n) is 7.66. The topological polar surface area (TPSA) is 41.5 Å². The van der Waals surface area contributed by atoms with E-state index in [-0.39, 0.29) is 0 Å². The molecule has 0 radical (unpaired) electrons. The van der Waals surface area contributed by atoms with E-state index in [1.54, 1.807) is 0 Å². The number of nitrogens with one attached hydrogen (secondary N) is 1. The third-order valence-electron chi connectivity index (χ3n) is 4.11. The van der Waals surface area contributed by atoms with E-state index >= 15 is 0 Å². The Morgan fingerprint density at radius 3 is 2.85 bits per heavy atom. The Hall–Kier alpha value is -1.06. The molecule has 2 N–H and O–H groups in total. The zero-order valence-corrected chi connectivity index (χ0v) is 12.9. The SMILES string of the molecule is Cc1ccc(C)c(OCC(O)CNC2CCC(C)C2)c1. The van der Waals surface area contributed by atoms with Gasteiger partial charge in [0.15, 0.2) is 0 Å². The van der Waals surface area contributed by atoms with Crippen LogP contribution in [0.15, 0.2) is 18.2 Å². The fourth-order valence-corrected chi connectivity index (χ4v) is 2.80. The zero-order chi connectivity index (χ0) is 14.5. The van der Waals surface area contributed by atoms with Gasteiger partial charge in [-0.1, -0.05) is 19.1 Å². The van der Waals surface area contributed by atoms with Crippen LogP contribution < -0.4 is 10.1 Å². The standard InChI is InChI=1S/C17H27NO2/c1-12-5-7-15(8-12)18-10-16(19)11-20-17-9-13(2)4-6-14(17)3/h4,6,9,12,15-16,18-19H,5,7-8,10-11H2,1-3H3. The van der Waals surface area contributed by atoms with E-state index in [4.69, 9.17) is 4.74 Å². The van der Waals surface area contributed by atoms with Crippen LogP contribution in [0.3, 0.4) is 0 Å². The van der Waals surface area contributed by atoms with Gasteiger partial charge in [-0.3, -0.25) is 0 Å². The highest BCUT2D eigenvalue weighted by Crippen LogP contribution is 2.24. The van der Waals surface area contributed by atoms with Crippen LogP contribution in [0.2, 0.25) is 0 Å². The average Bonchev–Trinajstić information content (AvgIpc) is 2.83. The van der Waals surface area contributed by atoms with Crippen LogP contribution in [0, 0.1) is 19.8 Å². The predicted octanol–water partition coefficient (Wildman–Crippen LogP) is 2.82. The molecule has 3 nitrogen and oxygen atoms in total. The average molecular weight is 277 g/mol. The monoisotopic (exact) mass is 277 g/mol. The molecule has 3 heteroatoms. The minimum absolute atomic E-state index is 0.347. The van der Waals surface area contributed by atoms with Crippen LogP contribution in [0.1, 0.15) is 37.3 Å². The molecule has 2 rings (SSSR count). The summed E-state index contributed by atoms with van der Waals surface area (Å²) in [6, 6.07) is 6.71. The Kier molecular flexibility index (Phi) is 5.44. The van der Waals surface area contributed by atoms with Gasteiger partial charge in [0, 0.05) is 12.6 Å². The maximum atomic E-state index is 10.0. The summed E-state index contributed by atoms with van der Waals surface area (Å²) in [5.74, 6) is 1.69. The van der Waals surface area contributed by atoms with Crippen LogP contribution >= 0.6 is 0 Å². The molecule has 3 atom stereocenters. The summed E-state index contributed by atoms with van der Waals surface area (Å²) < 4.78 is 5.73. The van der Waals surface area contributed by atoms with E-state index in [9.17, 15) is 5.11 Å². The molecule has 1 aromatic carbocycles. The fraction of sp³-hybridized carbons (Fsp3) is 0.647. The summed E-state index contributed by atoms with van der Waals surface area (Å²) in [5, 5.41) is 13.5. The lowest BCUT2D eigenvalue weighted by molar-refractivity contribution is 0.103. The molecular weight excluding hydrogens is 250 g/mol. The first-order valence-corrected chi connectivity index (χ1v) is 7.66. The highest BCUT2D eigenvalue weighted by Gasteiger charge is 2.21. The second-order valence-corrected chi connectivity index (χ2v) is 6.26. The first kappa shape index (κ1) is 15.3. The molecule has 0 aromatic heterocycles. The van der Waals surface area contributed by atoms with Gasteiger partial charge >= 0.3 is 0 Å². The maximum Gasteiger partial charge on any atom is 0.122 e. The quantitative estimate of drug-likeness (QED) is 0.840. The van der Waals surface area contributed by atoms with Crippen molar-refractivity contribution in [3.63, 3.8) is 0 Å². The maximum absolute atomic E-state index is 10.0. The third-order valence-corrected chi connectivity index (χ3v) is 4.11. The van der Waals surface area contributed by atoms with Crippen molar-refractivity contribution in [3.8, 4) is 5.75 Å². The van der Waals surface area contributed by atoms with E-state index in [1.807, 2.05) is 19.9 Å². The fourth-order valence-electron chi connectivity index (χ4n) is 2.80. The molecule has 0 spiro atoms. The Balaban J connectivity index is 1.72. The summed E-state index contributed by atoms with van der Waals surface area (Å²) in [6.45, 7) is 7.33. The molecule has 1 aliphatic carbocycles. The second-order valence-electron chi connectivity index (χ2n) is 6.26. The number of aliphatic hydroxyl groups is 1. The van der Waals surface area contributed by atoms with Gasteiger partial charge in [0.2, 0.25) is 0 Å². The van der Waals surface area contributed by atoms with Gasteiger partial charge in [-0.15, -0.1) is 0 Å². The molecular formula is C17H27NO2. The number of aliphatic hydroxyl groups excluding tert-OH is 1. The normalized spacial score (nSPS) is 23.8. The van der Waals surface area contributed by atoms with Gasteiger partial charge < -0.3 is 15.2 Å². The first-order chi connectivity index (χ1) is 9.54. The lowest BCUT2D eigenvalue weighted by Gasteiger charge is -2.18. The number of hydrogen-bond donors (Lipinski definition) is 2. The molecule has 1 aliphatic rings. The predicted molar refractivity (Wildman–Crippen MR) is 82.2 cm³/mol. The summed E-state index contributed by atoms with van der Waals surface area (Å²) in [7, 11) is 0. The van der Waals surface area contributed by atoms with Gasteiger partial charge in [-0.2, -0.15) is 0 Å². The zero-order valence-electron chi connectivity index (χ0n) is 12.9. The molecule has 0 bridgehead atoms. The molecule has 20 heavy (non-hydrogen) atoms. The van der Waals surface area contributed by atoms with E-state index in [2.05, 4.69) is 24.4 Å². The van der Waals surface area contributed by atoms with Gasteiger partial charge in [-0.05, 0) is 56.2 Å².